The molecule has 32 heavy (non-hydrogen) atoms. The van der Waals surface area contributed by atoms with E-state index < -0.39 is 0 Å². The van der Waals surface area contributed by atoms with E-state index in [0.717, 1.165) is 24.3 Å². The second-order valence-corrected chi connectivity index (χ2v) is 7.56. The van der Waals surface area contributed by atoms with Crippen LogP contribution >= 0.6 is 0 Å². The first-order chi connectivity index (χ1) is 15.6. The molecule has 0 unspecified atom stereocenters. The van der Waals surface area contributed by atoms with Gasteiger partial charge >= 0.3 is 0 Å². The lowest BCUT2D eigenvalue weighted by Crippen LogP contribution is -2.36. The highest BCUT2D eigenvalue weighted by atomic mass is 16.5. The summed E-state index contributed by atoms with van der Waals surface area (Å²) in [6, 6.07) is 14.8. The third-order valence-corrected chi connectivity index (χ3v) is 5.16. The van der Waals surface area contributed by atoms with E-state index in [1.165, 1.54) is 22.3 Å². The molecule has 0 saturated carbocycles. The molecule has 168 valence electrons. The predicted molar refractivity (Wildman–Crippen MR) is 120 cm³/mol. The number of benzene rings is 1. The van der Waals surface area contributed by atoms with E-state index in [-0.39, 0.29) is 24.9 Å². The van der Waals surface area contributed by atoms with Crippen molar-refractivity contribution in [1.82, 2.24) is 9.55 Å². The maximum absolute atomic E-state index is 9.78. The molecule has 9 nitrogen and oxygen atoms in total. The Bertz CT molecular complexity index is 1060. The molecule has 1 aromatic carbocycles. The van der Waals surface area contributed by atoms with Gasteiger partial charge in [0, 0.05) is 43.0 Å². The quantitative estimate of drug-likeness (QED) is 0.520. The Morgan fingerprint density at radius 2 is 1.84 bits per heavy atom. The minimum absolute atomic E-state index is 0.0215. The normalized spacial score (nSPS) is 14.2. The highest BCUT2D eigenvalue weighted by Gasteiger charge is 2.14. The second kappa shape index (κ2) is 10.1. The molecule has 0 aliphatic carbocycles. The summed E-state index contributed by atoms with van der Waals surface area (Å²) in [4.78, 5) is 6.66. The molecule has 1 fully saturated rings. The van der Waals surface area contributed by atoms with Crippen LogP contribution in [0.25, 0.3) is 0 Å². The molecule has 0 bridgehead atoms. The zero-order valence-electron chi connectivity index (χ0n) is 18.0. The molecule has 1 saturated heterocycles. The van der Waals surface area contributed by atoms with Crippen LogP contribution in [0.5, 0.6) is 17.6 Å². The summed E-state index contributed by atoms with van der Waals surface area (Å²) in [6.07, 6.45) is 0. The number of ether oxygens (including phenoxy) is 2. The number of pyridine rings is 1. The average Bonchev–Trinajstić information content (AvgIpc) is 3.12. The summed E-state index contributed by atoms with van der Waals surface area (Å²) in [5.41, 5.74) is 3.20. The number of aromatic hydroxyl groups is 2. The highest BCUT2D eigenvalue weighted by Crippen LogP contribution is 2.27. The van der Waals surface area contributed by atoms with Gasteiger partial charge in [0.15, 0.2) is 17.6 Å². The summed E-state index contributed by atoms with van der Waals surface area (Å²) in [6.45, 7) is 5.87. The van der Waals surface area contributed by atoms with Crippen LogP contribution in [0.2, 0.25) is 0 Å². The first-order valence-corrected chi connectivity index (χ1v) is 10.6. The number of aromatic nitrogens is 2. The molecular weight excluding hydrogens is 410 g/mol. The molecule has 2 aromatic heterocycles. The van der Waals surface area contributed by atoms with Gasteiger partial charge in [0.2, 0.25) is 5.88 Å². The zero-order chi connectivity index (χ0) is 22.3. The third-order valence-electron chi connectivity index (χ3n) is 5.16. The van der Waals surface area contributed by atoms with Gasteiger partial charge in [-0.05, 0) is 12.5 Å². The minimum Gasteiger partial charge on any atom is -0.494 e. The number of aryl methyl sites for hydroxylation is 1. The first-order valence-electron chi connectivity index (χ1n) is 10.6. The predicted octanol–water partition coefficient (Wildman–Crippen LogP) is 3.80. The maximum atomic E-state index is 9.78. The standard InChI is InChI=1S/C23H27N5O4/c1-17-3-2-4-18(13-17)16-24-26-20-14-19(27-7-10-31-11-8-27)15-21(25-20)32-12-9-28-22(29)5-6-23(28)30/h2-6,13-15,29-30H,7-12,16H2,1H3. The number of rotatable bonds is 8. The molecule has 1 aliphatic heterocycles. The topological polar surface area (TPSA) is 105 Å². The second-order valence-electron chi connectivity index (χ2n) is 7.56. The van der Waals surface area contributed by atoms with Crippen molar-refractivity contribution in [3.05, 3.63) is 59.7 Å². The van der Waals surface area contributed by atoms with Crippen LogP contribution in [-0.4, -0.2) is 52.7 Å². The van der Waals surface area contributed by atoms with E-state index in [1.807, 2.05) is 37.3 Å². The number of hydrogen-bond donors (Lipinski definition) is 2. The summed E-state index contributed by atoms with van der Waals surface area (Å²) >= 11 is 0. The lowest BCUT2D eigenvalue weighted by atomic mass is 10.1. The molecule has 4 rings (SSSR count). The summed E-state index contributed by atoms with van der Waals surface area (Å²) in [7, 11) is 0. The van der Waals surface area contributed by atoms with Crippen LogP contribution in [0, 0.1) is 6.92 Å². The van der Waals surface area contributed by atoms with Gasteiger partial charge in [0.1, 0.15) is 6.61 Å². The van der Waals surface area contributed by atoms with E-state index in [1.54, 1.807) is 0 Å². The molecule has 0 amide bonds. The minimum atomic E-state index is -0.0215. The summed E-state index contributed by atoms with van der Waals surface area (Å²) in [5.74, 6) is 0.825. The van der Waals surface area contributed by atoms with E-state index >= 15 is 0 Å². The van der Waals surface area contributed by atoms with Crippen LogP contribution in [0.1, 0.15) is 11.1 Å². The van der Waals surface area contributed by atoms with Crippen LogP contribution < -0.4 is 9.64 Å². The molecule has 1 aliphatic rings. The molecule has 0 radical (unpaired) electrons. The van der Waals surface area contributed by atoms with Crippen LogP contribution in [0.4, 0.5) is 11.5 Å². The van der Waals surface area contributed by atoms with Crippen LogP contribution in [0.3, 0.4) is 0 Å². The van der Waals surface area contributed by atoms with Gasteiger partial charge in [-0.15, -0.1) is 5.11 Å². The van der Waals surface area contributed by atoms with E-state index in [0.29, 0.717) is 31.5 Å². The summed E-state index contributed by atoms with van der Waals surface area (Å²) in [5, 5.41) is 28.2. The van der Waals surface area contributed by atoms with Crippen molar-refractivity contribution in [3.8, 4) is 17.6 Å². The Balaban J connectivity index is 1.48. The van der Waals surface area contributed by atoms with Crippen molar-refractivity contribution >= 4 is 11.5 Å². The zero-order valence-corrected chi connectivity index (χ0v) is 18.0. The van der Waals surface area contributed by atoms with Gasteiger partial charge in [-0.1, -0.05) is 29.8 Å². The number of azo groups is 1. The van der Waals surface area contributed by atoms with Gasteiger partial charge in [-0.2, -0.15) is 10.1 Å². The van der Waals surface area contributed by atoms with Gasteiger partial charge in [-0.25, -0.2) is 0 Å². The van der Waals surface area contributed by atoms with Crippen molar-refractivity contribution in [1.29, 1.82) is 0 Å². The van der Waals surface area contributed by atoms with Crippen LogP contribution in [-0.2, 0) is 17.8 Å². The van der Waals surface area contributed by atoms with Gasteiger partial charge in [0.25, 0.3) is 0 Å². The average molecular weight is 438 g/mol. The Morgan fingerprint density at radius 1 is 1.06 bits per heavy atom. The Labute approximate surface area is 186 Å². The Morgan fingerprint density at radius 3 is 2.59 bits per heavy atom. The molecular formula is C23H27N5O4. The van der Waals surface area contributed by atoms with Crippen molar-refractivity contribution in [2.24, 2.45) is 10.2 Å². The van der Waals surface area contributed by atoms with E-state index in [9.17, 15) is 10.2 Å². The highest BCUT2D eigenvalue weighted by molar-refractivity contribution is 5.55. The monoisotopic (exact) mass is 437 g/mol. The molecule has 3 heterocycles. The molecule has 0 atom stereocenters. The molecule has 0 spiro atoms. The lowest BCUT2D eigenvalue weighted by Gasteiger charge is -2.29. The maximum Gasteiger partial charge on any atom is 0.217 e. The van der Waals surface area contributed by atoms with Crippen LogP contribution in [0.15, 0.2) is 58.8 Å². The fourth-order valence-electron chi connectivity index (χ4n) is 3.52. The summed E-state index contributed by atoms with van der Waals surface area (Å²) < 4.78 is 12.6. The fourth-order valence-corrected chi connectivity index (χ4v) is 3.52. The number of nitrogens with zero attached hydrogens (tertiary/aromatic N) is 5. The van der Waals surface area contributed by atoms with Crippen molar-refractivity contribution in [2.75, 3.05) is 37.8 Å². The van der Waals surface area contributed by atoms with Crippen molar-refractivity contribution in [2.45, 2.75) is 20.0 Å². The number of anilines is 1. The SMILES string of the molecule is Cc1cccc(CN=Nc2cc(N3CCOCC3)cc(OCCn3c(O)ccc3O)n2)c1. The largest absolute Gasteiger partial charge is 0.494 e. The van der Waals surface area contributed by atoms with E-state index in [2.05, 4.69) is 26.2 Å². The van der Waals surface area contributed by atoms with Gasteiger partial charge in [-0.3, -0.25) is 4.57 Å². The van der Waals surface area contributed by atoms with Crippen molar-refractivity contribution < 1.29 is 19.7 Å². The van der Waals surface area contributed by atoms with Gasteiger partial charge < -0.3 is 24.6 Å². The Kier molecular flexibility index (Phi) is 6.86. The molecule has 3 aromatic rings. The molecule has 9 heteroatoms. The smallest absolute Gasteiger partial charge is 0.217 e. The number of hydrogen-bond acceptors (Lipinski definition) is 8. The first kappa shape index (κ1) is 21.6. The lowest BCUT2D eigenvalue weighted by molar-refractivity contribution is 0.122. The fraction of sp³-hybridized carbons (Fsp3) is 0.348. The van der Waals surface area contributed by atoms with Gasteiger partial charge in [0.05, 0.1) is 26.3 Å². The van der Waals surface area contributed by atoms with Crippen molar-refractivity contribution in [3.63, 3.8) is 0 Å². The molecule has 2 N–H and O–H groups in total. The third kappa shape index (κ3) is 5.55. The number of morpholine rings is 1. The van der Waals surface area contributed by atoms with E-state index in [4.69, 9.17) is 9.47 Å². The Hall–Kier alpha value is -3.59.